The molecular formula is C12H11F3N4OS. The molecule has 2 heterocycles. The maximum atomic E-state index is 12.4. The van der Waals surface area contributed by atoms with Gasteiger partial charge in [-0.3, -0.25) is 0 Å². The van der Waals surface area contributed by atoms with E-state index in [0.717, 1.165) is 24.0 Å². The Morgan fingerprint density at radius 2 is 2.00 bits per heavy atom. The minimum absolute atomic E-state index is 0.228. The van der Waals surface area contributed by atoms with Crippen molar-refractivity contribution in [2.75, 3.05) is 12.3 Å². The summed E-state index contributed by atoms with van der Waals surface area (Å²) >= 11 is 1.04. The number of nitrogen functional groups attached to an aromatic ring is 1. The predicted octanol–water partition coefficient (Wildman–Crippen LogP) is 3.02. The molecule has 0 amide bonds. The van der Waals surface area contributed by atoms with Crippen LogP contribution in [0.5, 0.6) is 5.88 Å². The summed E-state index contributed by atoms with van der Waals surface area (Å²) < 4.78 is 42.6. The standard InChI is InChI=1S/C12H11F3N4OS/c1-2-20-10-9(16)11(19-6-18-10)21-8-4-3-7(5-17-8)12(13,14)15/h3-6H,2,16H2,1H3. The van der Waals surface area contributed by atoms with E-state index >= 15 is 0 Å². The molecule has 9 heteroatoms. The van der Waals surface area contributed by atoms with Crippen LogP contribution in [0.1, 0.15) is 12.5 Å². The van der Waals surface area contributed by atoms with Crippen molar-refractivity contribution in [1.82, 2.24) is 15.0 Å². The van der Waals surface area contributed by atoms with E-state index in [2.05, 4.69) is 15.0 Å². The van der Waals surface area contributed by atoms with Crippen LogP contribution in [0, 0.1) is 0 Å². The third-order valence-electron chi connectivity index (χ3n) is 2.36. The van der Waals surface area contributed by atoms with Gasteiger partial charge in [-0.1, -0.05) is 0 Å². The van der Waals surface area contributed by atoms with E-state index in [9.17, 15) is 13.2 Å². The lowest BCUT2D eigenvalue weighted by Crippen LogP contribution is -2.05. The SMILES string of the molecule is CCOc1ncnc(Sc2ccc(C(F)(F)F)cn2)c1N. The van der Waals surface area contributed by atoms with E-state index in [4.69, 9.17) is 10.5 Å². The van der Waals surface area contributed by atoms with Gasteiger partial charge in [-0.25, -0.2) is 9.97 Å². The van der Waals surface area contributed by atoms with Crippen LogP contribution in [-0.2, 0) is 6.18 Å². The van der Waals surface area contributed by atoms with Crippen molar-refractivity contribution in [2.45, 2.75) is 23.2 Å². The first-order valence-corrected chi connectivity index (χ1v) is 6.68. The van der Waals surface area contributed by atoms with Gasteiger partial charge in [0.25, 0.3) is 0 Å². The second-order valence-corrected chi connectivity index (χ2v) is 4.82. The molecule has 0 atom stereocenters. The van der Waals surface area contributed by atoms with Crippen LogP contribution in [0.15, 0.2) is 34.7 Å². The zero-order valence-corrected chi connectivity index (χ0v) is 11.7. The zero-order valence-electron chi connectivity index (χ0n) is 10.9. The van der Waals surface area contributed by atoms with Gasteiger partial charge in [0, 0.05) is 6.20 Å². The Balaban J connectivity index is 2.20. The summed E-state index contributed by atoms with van der Waals surface area (Å²) in [6.07, 6.45) is -2.37. The van der Waals surface area contributed by atoms with Gasteiger partial charge < -0.3 is 10.5 Å². The molecular weight excluding hydrogens is 305 g/mol. The van der Waals surface area contributed by atoms with Gasteiger partial charge in [-0.05, 0) is 30.8 Å². The molecule has 0 fully saturated rings. The summed E-state index contributed by atoms with van der Waals surface area (Å²) in [5.74, 6) is 0.238. The number of ether oxygens (including phenoxy) is 1. The number of halogens is 3. The van der Waals surface area contributed by atoms with E-state index in [0.29, 0.717) is 16.7 Å². The molecule has 21 heavy (non-hydrogen) atoms. The van der Waals surface area contributed by atoms with E-state index in [-0.39, 0.29) is 11.6 Å². The largest absolute Gasteiger partial charge is 0.476 e. The van der Waals surface area contributed by atoms with E-state index in [1.54, 1.807) is 6.92 Å². The number of hydrogen-bond acceptors (Lipinski definition) is 6. The van der Waals surface area contributed by atoms with Crippen molar-refractivity contribution < 1.29 is 17.9 Å². The third kappa shape index (κ3) is 3.75. The molecule has 0 radical (unpaired) electrons. The Morgan fingerprint density at radius 3 is 2.57 bits per heavy atom. The van der Waals surface area contributed by atoms with E-state index < -0.39 is 11.7 Å². The molecule has 0 saturated carbocycles. The number of hydrogen-bond donors (Lipinski definition) is 1. The van der Waals surface area contributed by atoms with Gasteiger partial charge in [0.2, 0.25) is 5.88 Å². The van der Waals surface area contributed by atoms with Crippen LogP contribution in [0.4, 0.5) is 18.9 Å². The normalized spacial score (nSPS) is 11.4. The fraction of sp³-hybridized carbons (Fsp3) is 0.250. The Bertz CT molecular complexity index is 619. The summed E-state index contributed by atoms with van der Waals surface area (Å²) in [6, 6.07) is 2.21. The number of aromatic nitrogens is 3. The van der Waals surface area contributed by atoms with Crippen LogP contribution >= 0.6 is 11.8 Å². The molecule has 2 N–H and O–H groups in total. The second-order valence-electron chi connectivity index (χ2n) is 3.82. The van der Waals surface area contributed by atoms with E-state index in [1.807, 2.05) is 0 Å². The van der Waals surface area contributed by atoms with Crippen molar-refractivity contribution in [3.8, 4) is 5.88 Å². The molecule has 2 rings (SSSR count). The highest BCUT2D eigenvalue weighted by molar-refractivity contribution is 7.99. The van der Waals surface area contributed by atoms with Gasteiger partial charge in [0.05, 0.1) is 12.2 Å². The summed E-state index contributed by atoms with van der Waals surface area (Å²) in [5.41, 5.74) is 5.26. The Labute approximate surface area is 122 Å². The molecule has 0 unspecified atom stereocenters. The summed E-state index contributed by atoms with van der Waals surface area (Å²) in [7, 11) is 0. The van der Waals surface area contributed by atoms with Crippen LogP contribution in [0.25, 0.3) is 0 Å². The maximum Gasteiger partial charge on any atom is 0.417 e. The third-order valence-corrected chi connectivity index (χ3v) is 3.33. The van der Waals surface area contributed by atoms with Gasteiger partial charge >= 0.3 is 6.18 Å². The topological polar surface area (TPSA) is 73.9 Å². The number of anilines is 1. The smallest absolute Gasteiger partial charge is 0.417 e. The number of pyridine rings is 1. The Kier molecular flexibility index (Phi) is 4.51. The Morgan fingerprint density at radius 1 is 1.24 bits per heavy atom. The van der Waals surface area contributed by atoms with Gasteiger partial charge in [-0.15, -0.1) is 0 Å². The highest BCUT2D eigenvalue weighted by Crippen LogP contribution is 2.34. The summed E-state index contributed by atoms with van der Waals surface area (Å²) in [5, 5.41) is 0.719. The lowest BCUT2D eigenvalue weighted by molar-refractivity contribution is -0.137. The summed E-state index contributed by atoms with van der Waals surface area (Å²) in [4.78, 5) is 11.6. The predicted molar refractivity (Wildman–Crippen MR) is 71.0 cm³/mol. The molecule has 0 aliphatic heterocycles. The van der Waals surface area contributed by atoms with Crippen LogP contribution in [0.3, 0.4) is 0 Å². The molecule has 0 aliphatic rings. The van der Waals surface area contributed by atoms with Crippen molar-refractivity contribution in [2.24, 2.45) is 0 Å². The number of rotatable bonds is 4. The minimum Gasteiger partial charge on any atom is -0.476 e. The average Bonchev–Trinajstić information content (AvgIpc) is 2.43. The fourth-order valence-electron chi connectivity index (χ4n) is 1.40. The first-order chi connectivity index (χ1) is 9.91. The maximum absolute atomic E-state index is 12.4. The quantitative estimate of drug-likeness (QED) is 0.874. The molecule has 112 valence electrons. The molecule has 0 spiro atoms. The molecule has 2 aromatic rings. The molecule has 0 bridgehead atoms. The number of nitrogens with two attached hydrogens (primary N) is 1. The van der Waals surface area contributed by atoms with Gasteiger partial charge in [0.15, 0.2) is 0 Å². The molecule has 2 aromatic heterocycles. The fourth-order valence-corrected chi connectivity index (χ4v) is 2.14. The lowest BCUT2D eigenvalue weighted by atomic mass is 10.3. The van der Waals surface area contributed by atoms with Crippen LogP contribution in [0.2, 0.25) is 0 Å². The molecule has 5 nitrogen and oxygen atoms in total. The van der Waals surface area contributed by atoms with Crippen LogP contribution < -0.4 is 10.5 Å². The molecule has 0 saturated heterocycles. The van der Waals surface area contributed by atoms with Crippen molar-refractivity contribution in [3.05, 3.63) is 30.2 Å². The molecule has 0 aromatic carbocycles. The molecule has 0 aliphatic carbocycles. The second kappa shape index (κ2) is 6.17. The van der Waals surface area contributed by atoms with Gasteiger partial charge in [0.1, 0.15) is 22.1 Å². The van der Waals surface area contributed by atoms with E-state index in [1.165, 1.54) is 12.4 Å². The highest BCUT2D eigenvalue weighted by Gasteiger charge is 2.30. The van der Waals surface area contributed by atoms with Gasteiger partial charge in [-0.2, -0.15) is 18.2 Å². The number of nitrogens with zero attached hydrogens (tertiary/aromatic N) is 3. The van der Waals surface area contributed by atoms with Crippen molar-refractivity contribution >= 4 is 17.4 Å². The van der Waals surface area contributed by atoms with Crippen molar-refractivity contribution in [1.29, 1.82) is 0 Å². The van der Waals surface area contributed by atoms with Crippen LogP contribution in [-0.4, -0.2) is 21.6 Å². The number of alkyl halides is 3. The first-order valence-electron chi connectivity index (χ1n) is 5.86. The summed E-state index contributed by atoms with van der Waals surface area (Å²) in [6.45, 7) is 2.18. The lowest BCUT2D eigenvalue weighted by Gasteiger charge is -2.09. The highest BCUT2D eigenvalue weighted by atomic mass is 32.2. The zero-order chi connectivity index (χ0) is 15.5. The Hall–Kier alpha value is -2.03. The first kappa shape index (κ1) is 15.4. The monoisotopic (exact) mass is 316 g/mol. The minimum atomic E-state index is -4.41. The van der Waals surface area contributed by atoms with Crippen molar-refractivity contribution in [3.63, 3.8) is 0 Å². The average molecular weight is 316 g/mol.